The predicted molar refractivity (Wildman–Crippen MR) is 56.5 cm³/mol. The third-order valence-corrected chi connectivity index (χ3v) is 2.03. The Bertz CT molecular complexity index is 344. The van der Waals surface area contributed by atoms with Crippen LogP contribution in [-0.2, 0) is 9.59 Å². The summed E-state index contributed by atoms with van der Waals surface area (Å²) >= 11 is 1.86. The first-order valence-electron chi connectivity index (χ1n) is 4.61. The van der Waals surface area contributed by atoms with Gasteiger partial charge in [0.1, 0.15) is 0 Å². The number of ketones is 1. The molecule has 8 heteroatoms. The van der Waals surface area contributed by atoms with Crippen molar-refractivity contribution in [1.82, 2.24) is 4.90 Å². The van der Waals surface area contributed by atoms with Gasteiger partial charge >= 0.3 is 38.8 Å². The van der Waals surface area contributed by atoms with E-state index in [1.54, 1.807) is 0 Å². The van der Waals surface area contributed by atoms with Crippen molar-refractivity contribution in [3.63, 3.8) is 0 Å². The van der Waals surface area contributed by atoms with E-state index < -0.39 is 23.9 Å². The molecule has 0 spiro atoms. The van der Waals surface area contributed by atoms with Crippen molar-refractivity contribution in [2.45, 2.75) is 18.0 Å². The molecule has 92 valence electrons. The van der Waals surface area contributed by atoms with Gasteiger partial charge in [0, 0.05) is 5.57 Å². The van der Waals surface area contributed by atoms with Gasteiger partial charge in [0.2, 0.25) is 0 Å². The Kier molecular flexibility index (Phi) is 9.36. The van der Waals surface area contributed by atoms with E-state index in [0.717, 1.165) is 0 Å². The predicted octanol–water partition coefficient (Wildman–Crippen LogP) is -2.84. The molecule has 0 saturated carbocycles. The van der Waals surface area contributed by atoms with E-state index in [1.807, 2.05) is 26.8 Å². The fraction of sp³-hybridized carbons (Fsp3) is 0.444. The average molecular weight is 318 g/mol. The number of Topliss-reactive ketones (excluding diaryl/α,β-unsaturated/α-hetero) is 1. The molecule has 1 fully saturated rings. The van der Waals surface area contributed by atoms with Gasteiger partial charge in [-0.1, -0.05) is 6.08 Å². The van der Waals surface area contributed by atoms with Crippen molar-refractivity contribution < 1.29 is 41.6 Å². The molecule has 17 heavy (non-hydrogen) atoms. The molecule has 0 bridgehead atoms. The van der Waals surface area contributed by atoms with Crippen LogP contribution in [0, 0.1) is 0 Å². The van der Waals surface area contributed by atoms with Crippen LogP contribution < -0.4 is 17.0 Å². The summed E-state index contributed by atoms with van der Waals surface area (Å²) in [5.41, 5.74) is 0.0277. The van der Waals surface area contributed by atoms with Crippen LogP contribution in [0.5, 0.6) is 0 Å². The van der Waals surface area contributed by atoms with E-state index in [4.69, 9.17) is 10.2 Å². The van der Waals surface area contributed by atoms with Crippen LogP contribution in [0.1, 0.15) is 6.92 Å². The number of allylic oxidation sites excluding steroid dienone is 1. The Morgan fingerprint density at radius 3 is 2.18 bits per heavy atom. The Hall–Kier alpha value is -0.604. The number of aliphatic carboxylic acids is 1. The monoisotopic (exact) mass is 317 g/mol. The van der Waals surface area contributed by atoms with Crippen LogP contribution in [0.4, 0.5) is 4.79 Å². The maximum atomic E-state index is 11.2. The van der Waals surface area contributed by atoms with Gasteiger partial charge in [0.15, 0.2) is 11.8 Å². The molecule has 1 heterocycles. The zero-order valence-electron chi connectivity index (χ0n) is 9.51. The van der Waals surface area contributed by atoms with Gasteiger partial charge in [-0.25, -0.2) is 9.59 Å². The van der Waals surface area contributed by atoms with Gasteiger partial charge in [-0.2, -0.15) is 0 Å². The summed E-state index contributed by atoms with van der Waals surface area (Å²) in [5.74, 6) is -1.78. The standard InChI is InChI=1S/C8H9NO5.CH3.BrH.Mg/c1-2-4-5(10)3-9(8(13)14)6(4)7(11)12;;;/h2,6H,3H2,1H3,(H,11,12)(H,13,14);1H3;1H;/q;;;+1/p-1/b4-2-;;;/t6-;;;/m0.../s1. The van der Waals surface area contributed by atoms with Crippen molar-refractivity contribution in [2.75, 3.05) is 6.54 Å². The summed E-state index contributed by atoms with van der Waals surface area (Å²) in [4.78, 5) is 33.1. The second-order valence-corrected chi connectivity index (χ2v) is 2.82. The van der Waals surface area contributed by atoms with E-state index in [2.05, 4.69) is 0 Å². The fourth-order valence-electron chi connectivity index (χ4n) is 1.42. The van der Waals surface area contributed by atoms with Gasteiger partial charge in [-0.15, -0.1) is 0 Å². The average Bonchev–Trinajstić information content (AvgIpc) is 2.58. The molecule has 1 atom stereocenters. The molecule has 0 aromatic rings. The molecule has 1 aliphatic rings. The zero-order valence-corrected chi connectivity index (χ0v) is 12.5. The van der Waals surface area contributed by atoms with E-state index in [0.29, 0.717) is 4.90 Å². The first-order valence-corrected chi connectivity index (χ1v) is 6.03. The Balaban J connectivity index is 0. The van der Waals surface area contributed by atoms with Gasteiger partial charge < -0.3 is 27.2 Å². The van der Waals surface area contributed by atoms with Gasteiger partial charge in [0.05, 0.1) is 6.54 Å². The number of hydrogen-bond donors (Lipinski definition) is 2. The van der Waals surface area contributed by atoms with Crippen LogP contribution in [0.3, 0.4) is 0 Å². The van der Waals surface area contributed by atoms with E-state index in [1.165, 1.54) is 13.0 Å². The fourth-order valence-corrected chi connectivity index (χ4v) is 1.42. The second kappa shape index (κ2) is 8.48. The molecule has 0 aromatic heterocycles. The minimum atomic E-state index is -1.40. The quantitative estimate of drug-likeness (QED) is 0.401. The Labute approximate surface area is 122 Å². The van der Waals surface area contributed by atoms with Gasteiger partial charge in [-0.05, 0) is 6.92 Å². The summed E-state index contributed by atoms with van der Waals surface area (Å²) in [5, 5.41) is 19.4. The summed E-state index contributed by atoms with van der Waals surface area (Å²) < 4.78 is 0. The molecule has 1 aliphatic heterocycles. The first-order chi connectivity index (χ1) is 7.49. The van der Waals surface area contributed by atoms with Crippen LogP contribution in [0.15, 0.2) is 11.6 Å². The number of amides is 1. The second-order valence-electron chi connectivity index (χ2n) is 2.82. The maximum absolute atomic E-state index is 11.2. The van der Waals surface area contributed by atoms with Crippen molar-refractivity contribution in [3.8, 4) is 0 Å². The van der Waals surface area contributed by atoms with E-state index in [-0.39, 0.29) is 29.1 Å². The summed E-state index contributed by atoms with van der Waals surface area (Å²) in [6.07, 6.45) is -0.0630. The molecule has 1 amide bonds. The van der Waals surface area contributed by atoms with E-state index >= 15 is 0 Å². The number of halogens is 1. The zero-order chi connectivity index (χ0) is 12.9. The van der Waals surface area contributed by atoms with Crippen molar-refractivity contribution >= 4 is 39.6 Å². The minimum absolute atomic E-state index is 0. The molecule has 6 nitrogen and oxygen atoms in total. The number of nitrogens with zero attached hydrogens (tertiary/aromatic N) is 1. The number of likely N-dealkylation sites (tertiary alicyclic amines) is 1. The molecule has 1 saturated heterocycles. The molecule has 0 radical (unpaired) electrons. The SMILES string of the molecule is C/C=C1/C(=O)CN(C(=O)O)[C@@H]1C(=O)O.[Br-].[CH3][Mg+]. The summed E-state index contributed by atoms with van der Waals surface area (Å²) in [6.45, 7) is 1.13. The molecule has 0 unspecified atom stereocenters. The topological polar surface area (TPSA) is 94.9 Å². The summed E-state index contributed by atoms with van der Waals surface area (Å²) in [7, 11) is 0. The number of carbonyl (C=O) groups excluding carboxylic acids is 1. The third-order valence-electron chi connectivity index (χ3n) is 2.03. The van der Waals surface area contributed by atoms with Crippen LogP contribution in [0.25, 0.3) is 0 Å². The van der Waals surface area contributed by atoms with Gasteiger partial charge in [0.25, 0.3) is 0 Å². The normalized spacial score (nSPS) is 20.5. The molecule has 2 N–H and O–H groups in total. The number of carbonyl (C=O) groups is 3. The van der Waals surface area contributed by atoms with Crippen molar-refractivity contribution in [3.05, 3.63) is 11.6 Å². The van der Waals surface area contributed by atoms with Crippen molar-refractivity contribution in [2.24, 2.45) is 0 Å². The van der Waals surface area contributed by atoms with Crippen LogP contribution in [0.2, 0.25) is 5.05 Å². The number of hydrogen-bond acceptors (Lipinski definition) is 3. The molecule has 0 aliphatic carbocycles. The van der Waals surface area contributed by atoms with Gasteiger partial charge in [-0.3, -0.25) is 9.69 Å². The first kappa shape index (κ1) is 18.8. The third kappa shape index (κ3) is 4.28. The van der Waals surface area contributed by atoms with E-state index in [9.17, 15) is 14.4 Å². The van der Waals surface area contributed by atoms with Crippen molar-refractivity contribution in [1.29, 1.82) is 0 Å². The molecular formula is C9H12BrMgNO5. The number of rotatable bonds is 1. The number of carboxylic acid groups (broad SMARTS) is 2. The molecule has 1 rings (SSSR count). The Morgan fingerprint density at radius 2 is 1.88 bits per heavy atom. The number of carboxylic acids is 1. The molecule has 0 aromatic carbocycles. The van der Waals surface area contributed by atoms with Crippen LogP contribution >= 0.6 is 0 Å². The summed E-state index contributed by atoms with van der Waals surface area (Å²) in [6, 6.07) is -1.36. The Morgan fingerprint density at radius 1 is 1.41 bits per heavy atom. The molecular weight excluding hydrogens is 306 g/mol. The van der Waals surface area contributed by atoms with Crippen LogP contribution in [-0.4, -0.2) is 67.3 Å².